The minimum atomic E-state index is -1.17. The highest BCUT2D eigenvalue weighted by Gasteiger charge is 2.40. The van der Waals surface area contributed by atoms with E-state index in [0.29, 0.717) is 36.3 Å². The number of carbonyl (C=O) groups excluding carboxylic acids is 1. The monoisotopic (exact) mass is 489 g/mol. The van der Waals surface area contributed by atoms with Gasteiger partial charge in [-0.3, -0.25) is 9.47 Å². The Labute approximate surface area is 184 Å². The van der Waals surface area contributed by atoms with Crippen LogP contribution in [0.25, 0.3) is 0 Å². The van der Waals surface area contributed by atoms with E-state index in [2.05, 4.69) is 47.5 Å². The highest BCUT2D eigenvalue weighted by Crippen LogP contribution is 2.39. The number of hydrogen-bond donors (Lipinski definition) is 0. The van der Waals surface area contributed by atoms with Crippen molar-refractivity contribution in [2.75, 3.05) is 20.3 Å². The summed E-state index contributed by atoms with van der Waals surface area (Å²) in [4.78, 5) is 19.3. The summed E-state index contributed by atoms with van der Waals surface area (Å²) in [5.41, 5.74) is -0.541. The number of ether oxygens (including phenoxy) is 3. The lowest BCUT2D eigenvalue weighted by molar-refractivity contribution is 0.0198. The second-order valence-electron chi connectivity index (χ2n) is 10.0. The van der Waals surface area contributed by atoms with E-state index in [1.165, 1.54) is 0 Å². The number of nitrogens with zero attached hydrogens (tertiary/aromatic N) is 3. The largest absolute Gasteiger partial charge is 0.480 e. The van der Waals surface area contributed by atoms with Crippen LogP contribution in [0.1, 0.15) is 46.0 Å². The summed E-state index contributed by atoms with van der Waals surface area (Å²) in [7, 11) is 0.449. The Hall–Kier alpha value is -1.06. The maximum atomic E-state index is 12.8. The number of imidazole rings is 1. The van der Waals surface area contributed by atoms with Gasteiger partial charge >= 0.3 is 6.09 Å². The van der Waals surface area contributed by atoms with Gasteiger partial charge < -0.3 is 14.2 Å². The van der Waals surface area contributed by atoms with Gasteiger partial charge in [-0.05, 0) is 55.1 Å². The molecule has 29 heavy (non-hydrogen) atoms. The fourth-order valence-electron chi connectivity index (χ4n) is 3.34. The quantitative estimate of drug-likeness (QED) is 0.384. The molecule has 0 bridgehead atoms. The first-order chi connectivity index (χ1) is 13.3. The molecule has 1 aliphatic heterocycles. The predicted molar refractivity (Wildman–Crippen MR) is 120 cm³/mol. The average molecular weight is 491 g/mol. The van der Waals surface area contributed by atoms with E-state index in [4.69, 9.17) is 14.2 Å². The van der Waals surface area contributed by atoms with Gasteiger partial charge in [0.15, 0.2) is 4.60 Å². The number of rotatable bonds is 7. The van der Waals surface area contributed by atoms with E-state index in [1.54, 1.807) is 12.0 Å². The molecule has 0 spiro atoms. The van der Waals surface area contributed by atoms with Gasteiger partial charge in [-0.1, -0.05) is 26.6 Å². The van der Waals surface area contributed by atoms with Crippen molar-refractivity contribution in [2.24, 2.45) is 5.92 Å². The topological polar surface area (TPSA) is 65.8 Å². The fraction of sp³-hybridized carbons (Fsp3) is 0.800. The van der Waals surface area contributed by atoms with Gasteiger partial charge in [-0.15, -0.1) is 0 Å². The van der Waals surface area contributed by atoms with Gasteiger partial charge in [0.2, 0.25) is 5.88 Å². The highest BCUT2D eigenvalue weighted by atomic mass is 79.9. The van der Waals surface area contributed by atoms with Crippen molar-refractivity contribution in [3.63, 3.8) is 0 Å². The molecule has 1 unspecified atom stereocenters. The van der Waals surface area contributed by atoms with Crippen molar-refractivity contribution in [1.29, 1.82) is 0 Å². The maximum absolute atomic E-state index is 12.8. The number of amides is 1. The summed E-state index contributed by atoms with van der Waals surface area (Å²) < 4.78 is 19.7. The molecule has 0 radical (unpaired) electrons. The van der Waals surface area contributed by atoms with Crippen LogP contribution in [0.2, 0.25) is 25.7 Å². The molecule has 166 valence electrons. The Bertz CT molecular complexity index is 712. The smallest absolute Gasteiger partial charge is 0.410 e. The molecular weight excluding hydrogens is 454 g/mol. The Morgan fingerprint density at radius 3 is 2.52 bits per heavy atom. The molecule has 0 aromatic carbocycles. The van der Waals surface area contributed by atoms with Gasteiger partial charge in [0.1, 0.15) is 18.2 Å². The molecule has 9 heteroatoms. The highest BCUT2D eigenvalue weighted by molar-refractivity contribution is 9.10. The van der Waals surface area contributed by atoms with E-state index in [1.807, 2.05) is 25.3 Å². The van der Waals surface area contributed by atoms with Crippen LogP contribution < -0.4 is 4.74 Å². The van der Waals surface area contributed by atoms with Gasteiger partial charge in [0, 0.05) is 21.2 Å². The number of halogens is 1. The number of likely N-dealkylation sites (tertiary alicyclic amines) is 1. The van der Waals surface area contributed by atoms with Crippen LogP contribution in [0.4, 0.5) is 4.79 Å². The summed E-state index contributed by atoms with van der Waals surface area (Å²) in [6.07, 6.45) is 0.511. The van der Waals surface area contributed by atoms with E-state index in [-0.39, 0.29) is 12.1 Å². The summed E-state index contributed by atoms with van der Waals surface area (Å²) in [5.74, 6) is 1.73. The van der Waals surface area contributed by atoms with Gasteiger partial charge in [-0.25, -0.2) is 9.78 Å². The molecule has 0 aliphatic carbocycles. The van der Waals surface area contributed by atoms with Gasteiger partial charge in [0.05, 0.1) is 13.2 Å². The molecule has 1 aromatic rings. The molecule has 1 aromatic heterocycles. The number of methoxy groups -OCH3 is 1. The van der Waals surface area contributed by atoms with Crippen molar-refractivity contribution in [2.45, 2.75) is 78.2 Å². The van der Waals surface area contributed by atoms with E-state index >= 15 is 0 Å². The second-order valence-corrected chi connectivity index (χ2v) is 16.4. The van der Waals surface area contributed by atoms with Crippen molar-refractivity contribution < 1.29 is 19.0 Å². The summed E-state index contributed by atoms with van der Waals surface area (Å²) in [6.45, 7) is 16.5. The van der Waals surface area contributed by atoms with Crippen LogP contribution in [0.3, 0.4) is 0 Å². The standard InChI is InChI=1S/C20H36BrN3O4Si/c1-14-11-15(23(12-14)19(25)28-20(2,3)4)17-22-16(21)18(26-5)24(17)13-27-9-10-29(6,7)8/h14-15H,9-13H2,1-8H3/t14-,15?/m0/s1. The van der Waals surface area contributed by atoms with Crippen molar-refractivity contribution >= 4 is 30.1 Å². The Kier molecular flexibility index (Phi) is 7.84. The van der Waals surface area contributed by atoms with Crippen LogP contribution in [-0.4, -0.2) is 54.5 Å². The molecule has 1 saturated heterocycles. The summed E-state index contributed by atoms with van der Waals surface area (Å²) in [6, 6.07) is 0.908. The first-order valence-corrected chi connectivity index (χ1v) is 14.7. The Morgan fingerprint density at radius 1 is 1.31 bits per heavy atom. The van der Waals surface area contributed by atoms with Crippen molar-refractivity contribution in [3.05, 3.63) is 10.4 Å². The van der Waals surface area contributed by atoms with Crippen LogP contribution in [-0.2, 0) is 16.2 Å². The first-order valence-electron chi connectivity index (χ1n) is 10.2. The minimum absolute atomic E-state index is 0.180. The zero-order chi connectivity index (χ0) is 22.0. The number of hydrogen-bond acceptors (Lipinski definition) is 5. The van der Waals surface area contributed by atoms with Crippen molar-refractivity contribution in [3.8, 4) is 5.88 Å². The SMILES string of the molecule is COc1c(Br)nc(C2C[C@H](C)CN2C(=O)OC(C)(C)C)n1COCC[Si](C)(C)C. The molecule has 1 aliphatic rings. The number of carbonyl (C=O) groups is 1. The lowest BCUT2D eigenvalue weighted by Gasteiger charge is -2.28. The van der Waals surface area contributed by atoms with Crippen molar-refractivity contribution in [1.82, 2.24) is 14.5 Å². The molecular formula is C20H36BrN3O4Si. The normalized spacial score (nSPS) is 20.2. The molecule has 7 nitrogen and oxygen atoms in total. The first kappa shape index (κ1) is 24.2. The van der Waals surface area contributed by atoms with Gasteiger partial charge in [-0.2, -0.15) is 0 Å². The third-order valence-electron chi connectivity index (χ3n) is 4.76. The van der Waals surface area contributed by atoms with E-state index in [9.17, 15) is 4.79 Å². The molecule has 1 fully saturated rings. The van der Waals surface area contributed by atoms with Crippen LogP contribution >= 0.6 is 15.9 Å². The summed E-state index contributed by atoms with van der Waals surface area (Å²) in [5, 5.41) is 0. The summed E-state index contributed by atoms with van der Waals surface area (Å²) >= 11 is 3.50. The Balaban J connectivity index is 2.25. The molecule has 2 atom stereocenters. The fourth-order valence-corrected chi connectivity index (χ4v) is 4.66. The average Bonchev–Trinajstić information content (AvgIpc) is 3.09. The second kappa shape index (κ2) is 9.39. The molecule has 2 heterocycles. The van der Waals surface area contributed by atoms with Crippen LogP contribution in [0, 0.1) is 5.92 Å². The minimum Gasteiger partial charge on any atom is -0.480 e. The lowest BCUT2D eigenvalue weighted by atomic mass is 10.1. The van der Waals surface area contributed by atoms with Gasteiger partial charge in [0.25, 0.3) is 0 Å². The molecule has 0 saturated carbocycles. The van der Waals surface area contributed by atoms with Crippen LogP contribution in [0.15, 0.2) is 4.60 Å². The van der Waals surface area contributed by atoms with E-state index in [0.717, 1.165) is 18.3 Å². The zero-order valence-electron chi connectivity index (χ0n) is 19.0. The van der Waals surface area contributed by atoms with E-state index < -0.39 is 13.7 Å². The zero-order valence-corrected chi connectivity index (χ0v) is 21.6. The lowest BCUT2D eigenvalue weighted by Crippen LogP contribution is -2.37. The third kappa shape index (κ3) is 6.72. The molecule has 2 rings (SSSR count). The third-order valence-corrected chi connectivity index (χ3v) is 6.98. The molecule has 1 amide bonds. The number of aromatic nitrogens is 2. The van der Waals surface area contributed by atoms with Crippen LogP contribution in [0.5, 0.6) is 5.88 Å². The maximum Gasteiger partial charge on any atom is 0.410 e. The Morgan fingerprint density at radius 2 is 1.97 bits per heavy atom. The predicted octanol–water partition coefficient (Wildman–Crippen LogP) is 5.28. The molecule has 0 N–H and O–H groups in total.